The highest BCUT2D eigenvalue weighted by Gasteiger charge is 2.30. The molecule has 0 aromatic heterocycles. The van der Waals surface area contributed by atoms with E-state index in [2.05, 4.69) is 17.4 Å². The second kappa shape index (κ2) is 7.52. The molecule has 2 nitrogen and oxygen atoms in total. The Balaban J connectivity index is 1.74. The molecular formula is C21H22F3NO. The van der Waals surface area contributed by atoms with Crippen molar-refractivity contribution in [2.24, 2.45) is 0 Å². The summed E-state index contributed by atoms with van der Waals surface area (Å²) < 4.78 is 37.9. The van der Waals surface area contributed by atoms with Crippen LogP contribution in [0.2, 0.25) is 0 Å². The largest absolute Gasteiger partial charge is 0.416 e. The SMILES string of the molecule is CCC(NC(=O)c1ccc(C(F)(F)F)cc1)c1ccc2c(c1)CCCC2. The minimum atomic E-state index is -4.40. The van der Waals surface area contributed by atoms with Crippen molar-refractivity contribution < 1.29 is 18.0 Å². The quantitative estimate of drug-likeness (QED) is 0.769. The van der Waals surface area contributed by atoms with Crippen molar-refractivity contribution in [1.82, 2.24) is 5.32 Å². The van der Waals surface area contributed by atoms with Gasteiger partial charge in [0.25, 0.3) is 5.91 Å². The number of hydrogen-bond donors (Lipinski definition) is 1. The van der Waals surface area contributed by atoms with Crippen LogP contribution in [0.3, 0.4) is 0 Å². The van der Waals surface area contributed by atoms with Crippen LogP contribution in [0.5, 0.6) is 0 Å². The predicted molar refractivity (Wildman–Crippen MR) is 95.0 cm³/mol. The highest BCUT2D eigenvalue weighted by Crippen LogP contribution is 2.29. The molecule has 1 atom stereocenters. The first-order valence-corrected chi connectivity index (χ1v) is 8.98. The van der Waals surface area contributed by atoms with Crippen LogP contribution in [0.25, 0.3) is 0 Å². The molecule has 1 N–H and O–H groups in total. The molecule has 26 heavy (non-hydrogen) atoms. The number of benzene rings is 2. The van der Waals surface area contributed by atoms with Crippen LogP contribution in [0, 0.1) is 0 Å². The summed E-state index contributed by atoms with van der Waals surface area (Å²) in [5, 5.41) is 2.94. The summed E-state index contributed by atoms with van der Waals surface area (Å²) in [5.41, 5.74) is 3.25. The molecule has 0 radical (unpaired) electrons. The van der Waals surface area contributed by atoms with E-state index in [1.54, 1.807) is 0 Å². The van der Waals surface area contributed by atoms with Gasteiger partial charge in [-0.05, 0) is 73.1 Å². The Morgan fingerprint density at radius 1 is 1.04 bits per heavy atom. The first-order chi connectivity index (χ1) is 12.4. The predicted octanol–water partition coefficient (Wildman–Crippen LogP) is 5.47. The summed E-state index contributed by atoms with van der Waals surface area (Å²) in [6, 6.07) is 10.5. The van der Waals surface area contributed by atoms with Crippen molar-refractivity contribution in [3.63, 3.8) is 0 Å². The van der Waals surface area contributed by atoms with Gasteiger partial charge in [0.1, 0.15) is 0 Å². The van der Waals surface area contributed by atoms with Gasteiger partial charge in [-0.1, -0.05) is 25.1 Å². The van der Waals surface area contributed by atoms with Gasteiger partial charge in [-0.15, -0.1) is 0 Å². The van der Waals surface area contributed by atoms with E-state index in [1.807, 2.05) is 13.0 Å². The zero-order chi connectivity index (χ0) is 18.7. The lowest BCUT2D eigenvalue weighted by Gasteiger charge is -2.22. The van der Waals surface area contributed by atoms with Crippen molar-refractivity contribution in [2.45, 2.75) is 51.2 Å². The summed E-state index contributed by atoms with van der Waals surface area (Å²) in [6.07, 6.45) is 0.880. The molecule has 0 aliphatic heterocycles. The smallest absolute Gasteiger partial charge is 0.345 e. The molecule has 0 bridgehead atoms. The Bertz CT molecular complexity index is 781. The third-order valence-corrected chi connectivity index (χ3v) is 4.96. The van der Waals surface area contributed by atoms with Gasteiger partial charge in [0.2, 0.25) is 0 Å². The molecule has 2 aromatic carbocycles. The van der Waals surface area contributed by atoms with Gasteiger partial charge in [-0.25, -0.2) is 0 Å². The molecule has 138 valence electrons. The molecule has 1 unspecified atom stereocenters. The zero-order valence-electron chi connectivity index (χ0n) is 14.7. The highest BCUT2D eigenvalue weighted by molar-refractivity contribution is 5.94. The number of carbonyl (C=O) groups excluding carboxylic acids is 1. The number of amides is 1. The Labute approximate surface area is 151 Å². The lowest BCUT2D eigenvalue weighted by Crippen LogP contribution is -2.28. The summed E-state index contributed by atoms with van der Waals surface area (Å²) >= 11 is 0. The number of nitrogens with one attached hydrogen (secondary N) is 1. The van der Waals surface area contributed by atoms with Gasteiger partial charge in [0.15, 0.2) is 0 Å². The third kappa shape index (κ3) is 4.09. The molecule has 0 saturated carbocycles. The normalized spacial score (nSPS) is 15.2. The standard InChI is InChI=1S/C21H22F3NO/c1-2-19(17-8-7-14-5-3-4-6-16(14)13-17)25-20(26)15-9-11-18(12-10-15)21(22,23)24/h7-13,19H,2-6H2,1H3,(H,25,26). The molecule has 1 aliphatic carbocycles. The van der Waals surface area contributed by atoms with Crippen molar-refractivity contribution in [3.8, 4) is 0 Å². The van der Waals surface area contributed by atoms with Crippen LogP contribution in [0.15, 0.2) is 42.5 Å². The number of alkyl halides is 3. The summed E-state index contributed by atoms with van der Waals surface area (Å²) in [4.78, 5) is 12.4. The molecule has 0 saturated heterocycles. The van der Waals surface area contributed by atoms with Crippen molar-refractivity contribution in [1.29, 1.82) is 0 Å². The van der Waals surface area contributed by atoms with Gasteiger partial charge < -0.3 is 5.32 Å². The minimum Gasteiger partial charge on any atom is -0.345 e. The Hall–Kier alpha value is -2.30. The number of aryl methyl sites for hydroxylation is 2. The molecule has 5 heteroatoms. The maximum Gasteiger partial charge on any atom is 0.416 e. The van der Waals surface area contributed by atoms with Crippen LogP contribution >= 0.6 is 0 Å². The topological polar surface area (TPSA) is 29.1 Å². The summed E-state index contributed by atoms with van der Waals surface area (Å²) in [5.74, 6) is -0.358. The van der Waals surface area contributed by atoms with Crippen molar-refractivity contribution >= 4 is 5.91 Å². The van der Waals surface area contributed by atoms with Crippen LogP contribution in [0.4, 0.5) is 13.2 Å². The van der Waals surface area contributed by atoms with Gasteiger partial charge in [-0.2, -0.15) is 13.2 Å². The third-order valence-electron chi connectivity index (χ3n) is 4.96. The fourth-order valence-electron chi connectivity index (χ4n) is 3.44. The molecule has 0 heterocycles. The molecule has 1 aliphatic rings. The van der Waals surface area contributed by atoms with Crippen LogP contribution < -0.4 is 5.32 Å². The van der Waals surface area contributed by atoms with Gasteiger partial charge in [-0.3, -0.25) is 4.79 Å². The van der Waals surface area contributed by atoms with E-state index in [0.29, 0.717) is 6.42 Å². The van der Waals surface area contributed by atoms with Crippen molar-refractivity contribution in [2.75, 3.05) is 0 Å². The monoisotopic (exact) mass is 361 g/mol. The molecule has 1 amide bonds. The van der Waals surface area contributed by atoms with Gasteiger partial charge >= 0.3 is 6.18 Å². The van der Waals surface area contributed by atoms with E-state index < -0.39 is 11.7 Å². The average molecular weight is 361 g/mol. The van der Waals surface area contributed by atoms with Crippen LogP contribution in [-0.4, -0.2) is 5.91 Å². The van der Waals surface area contributed by atoms with E-state index in [-0.39, 0.29) is 17.5 Å². The van der Waals surface area contributed by atoms with Crippen LogP contribution in [0.1, 0.15) is 64.8 Å². The van der Waals surface area contributed by atoms with E-state index in [9.17, 15) is 18.0 Å². The fraction of sp³-hybridized carbons (Fsp3) is 0.381. The van der Waals surface area contributed by atoms with Gasteiger partial charge in [0.05, 0.1) is 11.6 Å². The number of halogens is 3. The van der Waals surface area contributed by atoms with E-state index in [1.165, 1.54) is 36.1 Å². The number of rotatable bonds is 4. The molecule has 3 rings (SSSR count). The second-order valence-corrected chi connectivity index (χ2v) is 6.74. The minimum absolute atomic E-state index is 0.156. The summed E-state index contributed by atoms with van der Waals surface area (Å²) in [6.45, 7) is 1.98. The van der Waals surface area contributed by atoms with E-state index in [4.69, 9.17) is 0 Å². The lowest BCUT2D eigenvalue weighted by atomic mass is 9.88. The average Bonchev–Trinajstić information content (AvgIpc) is 2.65. The maximum absolute atomic E-state index is 12.6. The van der Waals surface area contributed by atoms with Crippen molar-refractivity contribution in [3.05, 3.63) is 70.3 Å². The molecule has 0 fully saturated rings. The Morgan fingerprint density at radius 2 is 1.69 bits per heavy atom. The number of fused-ring (bicyclic) bond motifs is 1. The zero-order valence-corrected chi connectivity index (χ0v) is 14.7. The van der Waals surface area contributed by atoms with E-state index in [0.717, 1.165) is 30.5 Å². The number of carbonyl (C=O) groups is 1. The molecular weight excluding hydrogens is 339 g/mol. The molecule has 2 aromatic rings. The summed E-state index contributed by atoms with van der Waals surface area (Å²) in [7, 11) is 0. The lowest BCUT2D eigenvalue weighted by molar-refractivity contribution is -0.137. The first kappa shape index (κ1) is 18.5. The second-order valence-electron chi connectivity index (χ2n) is 6.74. The van der Waals surface area contributed by atoms with Crippen LogP contribution in [-0.2, 0) is 19.0 Å². The number of hydrogen-bond acceptors (Lipinski definition) is 1. The highest BCUT2D eigenvalue weighted by atomic mass is 19.4. The fourth-order valence-corrected chi connectivity index (χ4v) is 3.44. The maximum atomic E-state index is 12.6. The Morgan fingerprint density at radius 3 is 2.31 bits per heavy atom. The Kier molecular flexibility index (Phi) is 5.35. The molecule has 0 spiro atoms. The first-order valence-electron chi connectivity index (χ1n) is 8.98. The van der Waals surface area contributed by atoms with Gasteiger partial charge in [0, 0.05) is 5.56 Å². The van der Waals surface area contributed by atoms with E-state index >= 15 is 0 Å².